The van der Waals surface area contributed by atoms with E-state index in [9.17, 15) is 8.78 Å². The lowest BCUT2D eigenvalue weighted by atomic mass is 10.1. The molecule has 2 N–H and O–H groups in total. The third kappa shape index (κ3) is 3.78. The van der Waals surface area contributed by atoms with E-state index in [1.807, 2.05) is 30.3 Å². The average molecular weight is 276 g/mol. The Kier molecular flexibility index (Phi) is 4.65. The van der Waals surface area contributed by atoms with Crippen LogP contribution in [0.1, 0.15) is 11.1 Å². The van der Waals surface area contributed by atoms with Crippen LogP contribution in [0.4, 0.5) is 8.78 Å². The van der Waals surface area contributed by atoms with Gasteiger partial charge < -0.3 is 10.6 Å². The van der Waals surface area contributed by atoms with Crippen molar-refractivity contribution >= 4 is 5.84 Å². The van der Waals surface area contributed by atoms with Gasteiger partial charge in [0.25, 0.3) is 0 Å². The van der Waals surface area contributed by atoms with Gasteiger partial charge in [-0.25, -0.2) is 8.78 Å². The van der Waals surface area contributed by atoms with E-state index in [1.54, 1.807) is 0 Å². The van der Waals surface area contributed by atoms with Gasteiger partial charge in [0.2, 0.25) is 0 Å². The summed E-state index contributed by atoms with van der Waals surface area (Å²) in [5, 5.41) is 3.78. The van der Waals surface area contributed by atoms with E-state index in [0.717, 1.165) is 17.7 Å². The second-order valence-electron chi connectivity index (χ2n) is 4.17. The number of nitrogens with zero attached hydrogens (tertiary/aromatic N) is 1. The molecule has 5 heteroatoms. The monoisotopic (exact) mass is 276 g/mol. The van der Waals surface area contributed by atoms with Crippen LogP contribution in [0.3, 0.4) is 0 Å². The van der Waals surface area contributed by atoms with E-state index in [1.165, 1.54) is 6.07 Å². The summed E-state index contributed by atoms with van der Waals surface area (Å²) < 4.78 is 25.7. The molecule has 20 heavy (non-hydrogen) atoms. The summed E-state index contributed by atoms with van der Waals surface area (Å²) in [6.07, 6.45) is 0.419. The van der Waals surface area contributed by atoms with Gasteiger partial charge in [0.1, 0.15) is 6.61 Å². The Hall–Kier alpha value is -2.43. The minimum absolute atomic E-state index is 0.235. The number of hydrogen-bond acceptors (Lipinski definition) is 2. The fourth-order valence-corrected chi connectivity index (χ4v) is 1.64. The summed E-state index contributed by atoms with van der Waals surface area (Å²) in [5.41, 5.74) is 7.13. The highest BCUT2D eigenvalue weighted by molar-refractivity contribution is 5.96. The Balaban J connectivity index is 1.85. The predicted molar refractivity (Wildman–Crippen MR) is 73.2 cm³/mol. The van der Waals surface area contributed by atoms with Crippen LogP contribution in [0.25, 0.3) is 0 Å². The van der Waals surface area contributed by atoms with Gasteiger partial charge in [0, 0.05) is 12.0 Å². The molecule has 0 saturated heterocycles. The summed E-state index contributed by atoms with van der Waals surface area (Å²) in [6, 6.07) is 12.9. The molecule has 0 aromatic heterocycles. The first-order valence-electron chi connectivity index (χ1n) is 6.11. The van der Waals surface area contributed by atoms with Crippen molar-refractivity contribution in [2.75, 3.05) is 6.61 Å². The van der Waals surface area contributed by atoms with Crippen LogP contribution in [0, 0.1) is 11.6 Å². The van der Waals surface area contributed by atoms with Crippen LogP contribution in [0.15, 0.2) is 53.7 Å². The lowest BCUT2D eigenvalue weighted by molar-refractivity contribution is 0.147. The largest absolute Gasteiger partial charge is 0.394 e. The first-order chi connectivity index (χ1) is 9.66. The molecule has 2 aromatic rings. The summed E-state index contributed by atoms with van der Waals surface area (Å²) in [6.45, 7) is 0.235. The second kappa shape index (κ2) is 6.65. The van der Waals surface area contributed by atoms with Crippen molar-refractivity contribution in [1.82, 2.24) is 0 Å². The topological polar surface area (TPSA) is 47.6 Å². The maximum absolute atomic E-state index is 13.0. The number of amidine groups is 1. The Bertz CT molecular complexity index is 600. The van der Waals surface area contributed by atoms with Gasteiger partial charge >= 0.3 is 0 Å². The number of nitrogens with two attached hydrogens (primary N) is 1. The summed E-state index contributed by atoms with van der Waals surface area (Å²) in [7, 11) is 0. The first-order valence-corrected chi connectivity index (χ1v) is 6.11. The SMILES string of the molecule is N/C(=N\OCCc1ccc(F)c(F)c1)c1ccccc1. The molecule has 2 rings (SSSR count). The highest BCUT2D eigenvalue weighted by Gasteiger charge is 2.02. The van der Waals surface area contributed by atoms with Crippen molar-refractivity contribution in [3.63, 3.8) is 0 Å². The second-order valence-corrected chi connectivity index (χ2v) is 4.17. The van der Waals surface area contributed by atoms with Gasteiger partial charge in [-0.1, -0.05) is 41.6 Å². The quantitative estimate of drug-likeness (QED) is 0.395. The maximum Gasteiger partial charge on any atom is 0.170 e. The maximum atomic E-state index is 13.0. The van der Waals surface area contributed by atoms with Crippen molar-refractivity contribution in [3.8, 4) is 0 Å². The molecule has 0 amide bonds. The standard InChI is InChI=1S/C15H14F2N2O/c16-13-7-6-11(10-14(13)17)8-9-20-19-15(18)12-4-2-1-3-5-12/h1-7,10H,8-9H2,(H2,18,19). The molecule has 0 aliphatic rings. The molecule has 0 bridgehead atoms. The van der Waals surface area contributed by atoms with Gasteiger partial charge in [-0.05, 0) is 17.7 Å². The van der Waals surface area contributed by atoms with Crippen LogP contribution >= 0.6 is 0 Å². The van der Waals surface area contributed by atoms with E-state index >= 15 is 0 Å². The number of hydrogen-bond donors (Lipinski definition) is 1. The Morgan fingerprint density at radius 2 is 1.80 bits per heavy atom. The van der Waals surface area contributed by atoms with Crippen molar-refractivity contribution in [1.29, 1.82) is 0 Å². The first kappa shape index (κ1) is 14.0. The summed E-state index contributed by atoms with van der Waals surface area (Å²) in [5.74, 6) is -1.45. The minimum Gasteiger partial charge on any atom is -0.394 e. The van der Waals surface area contributed by atoms with Crippen LogP contribution < -0.4 is 5.73 Å². The molecule has 0 spiro atoms. The van der Waals surface area contributed by atoms with Gasteiger partial charge in [0.15, 0.2) is 17.5 Å². The summed E-state index contributed by atoms with van der Waals surface area (Å²) >= 11 is 0. The zero-order valence-electron chi connectivity index (χ0n) is 10.7. The smallest absolute Gasteiger partial charge is 0.170 e. The zero-order chi connectivity index (χ0) is 14.4. The summed E-state index contributed by atoms with van der Waals surface area (Å²) in [4.78, 5) is 5.07. The van der Waals surface area contributed by atoms with Gasteiger partial charge in [0.05, 0.1) is 0 Å². The fourth-order valence-electron chi connectivity index (χ4n) is 1.64. The number of halogens is 2. The molecule has 0 radical (unpaired) electrons. The van der Waals surface area contributed by atoms with Gasteiger partial charge in [-0.3, -0.25) is 0 Å². The highest BCUT2D eigenvalue weighted by Crippen LogP contribution is 2.09. The number of rotatable bonds is 5. The molecule has 0 atom stereocenters. The van der Waals surface area contributed by atoms with E-state index in [2.05, 4.69) is 5.16 Å². The number of oxime groups is 1. The van der Waals surface area contributed by atoms with Gasteiger partial charge in [-0.2, -0.15) is 0 Å². The van der Waals surface area contributed by atoms with E-state index < -0.39 is 11.6 Å². The van der Waals surface area contributed by atoms with Crippen molar-refractivity contribution in [3.05, 3.63) is 71.3 Å². The molecule has 0 heterocycles. The Morgan fingerprint density at radius 1 is 1.05 bits per heavy atom. The van der Waals surface area contributed by atoms with E-state index in [4.69, 9.17) is 10.6 Å². The minimum atomic E-state index is -0.866. The predicted octanol–water partition coefficient (Wildman–Crippen LogP) is 2.84. The third-order valence-electron chi connectivity index (χ3n) is 2.70. The Morgan fingerprint density at radius 3 is 2.50 bits per heavy atom. The Labute approximate surface area is 115 Å². The molecule has 3 nitrogen and oxygen atoms in total. The molecule has 0 saturated carbocycles. The van der Waals surface area contributed by atoms with E-state index in [0.29, 0.717) is 12.0 Å². The zero-order valence-corrected chi connectivity index (χ0v) is 10.7. The molecule has 2 aromatic carbocycles. The molecule has 0 aliphatic carbocycles. The molecular formula is C15H14F2N2O. The van der Waals surface area contributed by atoms with Crippen LogP contribution in [0.2, 0.25) is 0 Å². The highest BCUT2D eigenvalue weighted by atomic mass is 19.2. The molecule has 0 unspecified atom stereocenters. The van der Waals surface area contributed by atoms with Crippen molar-refractivity contribution in [2.45, 2.75) is 6.42 Å². The molecule has 0 fully saturated rings. The van der Waals surface area contributed by atoms with Crippen LogP contribution in [0.5, 0.6) is 0 Å². The molecular weight excluding hydrogens is 262 g/mol. The van der Waals surface area contributed by atoms with Crippen molar-refractivity contribution < 1.29 is 13.6 Å². The molecule has 104 valence electrons. The van der Waals surface area contributed by atoms with Gasteiger partial charge in [-0.15, -0.1) is 0 Å². The lowest BCUT2D eigenvalue weighted by Crippen LogP contribution is -2.14. The van der Waals surface area contributed by atoms with Crippen LogP contribution in [-0.4, -0.2) is 12.4 Å². The van der Waals surface area contributed by atoms with Crippen LogP contribution in [-0.2, 0) is 11.3 Å². The average Bonchev–Trinajstić information content (AvgIpc) is 2.48. The third-order valence-corrected chi connectivity index (χ3v) is 2.70. The molecule has 0 aliphatic heterocycles. The van der Waals surface area contributed by atoms with E-state index in [-0.39, 0.29) is 12.4 Å². The van der Waals surface area contributed by atoms with Crippen molar-refractivity contribution in [2.24, 2.45) is 10.9 Å². The number of benzene rings is 2. The lowest BCUT2D eigenvalue weighted by Gasteiger charge is -2.03. The normalized spacial score (nSPS) is 11.4. The fraction of sp³-hybridized carbons (Fsp3) is 0.133.